The quantitative estimate of drug-likeness (QED) is 0.732. The summed E-state index contributed by atoms with van der Waals surface area (Å²) < 4.78 is 1.84. The lowest BCUT2D eigenvalue weighted by atomic mass is 10.1. The van der Waals surface area contributed by atoms with Gasteiger partial charge in [0, 0.05) is 18.3 Å². The fourth-order valence-electron chi connectivity index (χ4n) is 3.03. The van der Waals surface area contributed by atoms with E-state index >= 15 is 0 Å². The third-order valence-electron chi connectivity index (χ3n) is 4.45. The van der Waals surface area contributed by atoms with Crippen LogP contribution in [-0.2, 0) is 11.2 Å². The largest absolute Gasteiger partial charge is 0.355 e. The van der Waals surface area contributed by atoms with Crippen molar-refractivity contribution in [1.29, 1.82) is 0 Å². The first-order valence-electron chi connectivity index (χ1n) is 8.72. The molecule has 27 heavy (non-hydrogen) atoms. The highest BCUT2D eigenvalue weighted by atomic mass is 16.2. The molecule has 6 nitrogen and oxygen atoms in total. The molecule has 0 saturated carbocycles. The SMILES string of the molecule is CNC(=O)c1ccccc1NC(=O)Cc1c(C)nn(-c2ccccc2)c1C. The van der Waals surface area contributed by atoms with E-state index in [0.29, 0.717) is 11.3 Å². The number of amides is 2. The number of hydrogen-bond donors (Lipinski definition) is 2. The summed E-state index contributed by atoms with van der Waals surface area (Å²) in [7, 11) is 1.56. The first-order chi connectivity index (χ1) is 13.0. The number of hydrogen-bond acceptors (Lipinski definition) is 3. The van der Waals surface area contributed by atoms with Gasteiger partial charge in [0.25, 0.3) is 5.91 Å². The van der Waals surface area contributed by atoms with Gasteiger partial charge in [-0.05, 0) is 38.1 Å². The summed E-state index contributed by atoms with van der Waals surface area (Å²) >= 11 is 0. The van der Waals surface area contributed by atoms with Gasteiger partial charge in [-0.1, -0.05) is 30.3 Å². The monoisotopic (exact) mass is 362 g/mol. The highest BCUT2D eigenvalue weighted by molar-refractivity contribution is 6.04. The van der Waals surface area contributed by atoms with Gasteiger partial charge in [0.05, 0.1) is 29.1 Å². The first-order valence-corrected chi connectivity index (χ1v) is 8.72. The number of para-hydroxylation sites is 2. The van der Waals surface area contributed by atoms with Crippen LogP contribution in [0, 0.1) is 13.8 Å². The summed E-state index contributed by atoms with van der Waals surface area (Å²) in [6.45, 7) is 3.85. The van der Waals surface area contributed by atoms with Crippen molar-refractivity contribution in [2.75, 3.05) is 12.4 Å². The Labute approximate surface area is 158 Å². The minimum atomic E-state index is -0.241. The number of benzene rings is 2. The maximum absolute atomic E-state index is 12.6. The lowest BCUT2D eigenvalue weighted by Gasteiger charge is -2.10. The molecule has 1 heterocycles. The highest BCUT2D eigenvalue weighted by Gasteiger charge is 2.17. The molecule has 0 aliphatic heterocycles. The van der Waals surface area contributed by atoms with Crippen LogP contribution in [-0.4, -0.2) is 28.6 Å². The Kier molecular flexibility index (Phi) is 5.35. The van der Waals surface area contributed by atoms with Gasteiger partial charge >= 0.3 is 0 Å². The van der Waals surface area contributed by atoms with E-state index in [1.807, 2.05) is 48.9 Å². The lowest BCUT2D eigenvalue weighted by molar-refractivity contribution is -0.115. The van der Waals surface area contributed by atoms with Crippen LogP contribution in [0.1, 0.15) is 27.3 Å². The van der Waals surface area contributed by atoms with E-state index in [9.17, 15) is 9.59 Å². The fourth-order valence-corrected chi connectivity index (χ4v) is 3.03. The number of anilines is 1. The maximum atomic E-state index is 12.6. The van der Waals surface area contributed by atoms with Crippen LogP contribution in [0.2, 0.25) is 0 Å². The average molecular weight is 362 g/mol. The zero-order valence-electron chi connectivity index (χ0n) is 15.6. The van der Waals surface area contributed by atoms with Gasteiger partial charge in [-0.15, -0.1) is 0 Å². The number of rotatable bonds is 5. The second kappa shape index (κ2) is 7.86. The van der Waals surface area contributed by atoms with Gasteiger partial charge in [-0.25, -0.2) is 4.68 Å². The third kappa shape index (κ3) is 3.89. The predicted molar refractivity (Wildman–Crippen MR) is 105 cm³/mol. The van der Waals surface area contributed by atoms with Crippen LogP contribution in [0.25, 0.3) is 5.69 Å². The van der Waals surface area contributed by atoms with Crippen molar-refractivity contribution in [3.63, 3.8) is 0 Å². The Bertz CT molecular complexity index is 977. The Morgan fingerprint density at radius 3 is 2.37 bits per heavy atom. The van der Waals surface area contributed by atoms with E-state index in [1.54, 1.807) is 31.3 Å². The van der Waals surface area contributed by atoms with E-state index in [1.165, 1.54) is 0 Å². The van der Waals surface area contributed by atoms with E-state index in [0.717, 1.165) is 22.6 Å². The van der Waals surface area contributed by atoms with Crippen LogP contribution in [0.3, 0.4) is 0 Å². The Hall–Kier alpha value is -3.41. The molecule has 1 aromatic heterocycles. The van der Waals surface area contributed by atoms with E-state index in [2.05, 4.69) is 15.7 Å². The van der Waals surface area contributed by atoms with Crippen molar-refractivity contribution in [3.05, 3.63) is 77.1 Å². The minimum Gasteiger partial charge on any atom is -0.355 e. The van der Waals surface area contributed by atoms with Crippen LogP contribution in [0.4, 0.5) is 5.69 Å². The van der Waals surface area contributed by atoms with Crippen LogP contribution >= 0.6 is 0 Å². The van der Waals surface area contributed by atoms with Crippen LogP contribution in [0.15, 0.2) is 54.6 Å². The van der Waals surface area contributed by atoms with Crippen molar-refractivity contribution in [2.45, 2.75) is 20.3 Å². The summed E-state index contributed by atoms with van der Waals surface area (Å²) in [5.74, 6) is -0.430. The molecule has 0 saturated heterocycles. The molecule has 0 aliphatic rings. The Morgan fingerprint density at radius 1 is 1.00 bits per heavy atom. The smallest absolute Gasteiger partial charge is 0.253 e. The molecule has 0 radical (unpaired) electrons. The van der Waals surface area contributed by atoms with E-state index in [4.69, 9.17) is 0 Å². The molecule has 0 unspecified atom stereocenters. The van der Waals surface area contributed by atoms with Crippen LogP contribution in [0.5, 0.6) is 0 Å². The number of carbonyl (C=O) groups excluding carboxylic acids is 2. The zero-order valence-corrected chi connectivity index (χ0v) is 15.6. The Balaban J connectivity index is 1.82. The normalized spacial score (nSPS) is 10.5. The van der Waals surface area contributed by atoms with Crippen LogP contribution < -0.4 is 10.6 Å². The fraction of sp³-hybridized carbons (Fsp3) is 0.190. The van der Waals surface area contributed by atoms with Gasteiger partial charge in [0.15, 0.2) is 0 Å². The number of nitrogens with zero attached hydrogens (tertiary/aromatic N) is 2. The molecule has 6 heteroatoms. The third-order valence-corrected chi connectivity index (χ3v) is 4.45. The van der Waals surface area contributed by atoms with Gasteiger partial charge in [-0.2, -0.15) is 5.10 Å². The second-order valence-corrected chi connectivity index (χ2v) is 6.25. The lowest BCUT2D eigenvalue weighted by Crippen LogP contribution is -2.22. The molecule has 0 aliphatic carbocycles. The molecule has 2 N–H and O–H groups in total. The minimum absolute atomic E-state index is 0.187. The molecular formula is C21H22N4O2. The van der Waals surface area contributed by atoms with Gasteiger partial charge in [0.2, 0.25) is 5.91 Å². The van der Waals surface area contributed by atoms with Gasteiger partial charge in [0.1, 0.15) is 0 Å². The molecule has 3 aromatic rings. The second-order valence-electron chi connectivity index (χ2n) is 6.25. The maximum Gasteiger partial charge on any atom is 0.253 e. The highest BCUT2D eigenvalue weighted by Crippen LogP contribution is 2.20. The summed E-state index contributed by atoms with van der Waals surface area (Å²) in [5.41, 5.74) is 4.50. The molecule has 138 valence electrons. The topological polar surface area (TPSA) is 76.0 Å². The molecule has 2 aromatic carbocycles. The van der Waals surface area contributed by atoms with Gasteiger partial charge < -0.3 is 10.6 Å². The predicted octanol–water partition coefficient (Wildman–Crippen LogP) is 3.03. The first kappa shape index (κ1) is 18.4. The molecule has 0 spiro atoms. The van der Waals surface area contributed by atoms with E-state index in [-0.39, 0.29) is 18.2 Å². The van der Waals surface area contributed by atoms with Crippen molar-refractivity contribution in [2.24, 2.45) is 0 Å². The molecule has 0 bridgehead atoms. The number of nitrogens with one attached hydrogen (secondary N) is 2. The van der Waals surface area contributed by atoms with E-state index < -0.39 is 0 Å². The molecule has 3 rings (SSSR count). The van der Waals surface area contributed by atoms with Crippen molar-refractivity contribution in [1.82, 2.24) is 15.1 Å². The summed E-state index contributed by atoms with van der Waals surface area (Å²) in [6, 6.07) is 16.7. The number of carbonyl (C=O) groups is 2. The summed E-state index contributed by atoms with van der Waals surface area (Å²) in [4.78, 5) is 24.6. The number of aromatic nitrogens is 2. The standard InChI is InChI=1S/C21H22N4O2/c1-14-18(15(2)25(24-14)16-9-5-4-6-10-16)13-20(26)23-19-12-8-7-11-17(19)21(27)22-3/h4-12H,13H2,1-3H3,(H,22,27)(H,23,26). The van der Waals surface area contributed by atoms with Crippen molar-refractivity contribution < 1.29 is 9.59 Å². The average Bonchev–Trinajstić information content (AvgIpc) is 2.96. The van der Waals surface area contributed by atoms with Crippen molar-refractivity contribution in [3.8, 4) is 5.69 Å². The molecule has 0 atom stereocenters. The molecule has 2 amide bonds. The molecular weight excluding hydrogens is 340 g/mol. The summed E-state index contributed by atoms with van der Waals surface area (Å²) in [5, 5.41) is 9.99. The summed E-state index contributed by atoms with van der Waals surface area (Å²) in [6.07, 6.45) is 0.187. The number of aryl methyl sites for hydroxylation is 1. The van der Waals surface area contributed by atoms with Crippen molar-refractivity contribution >= 4 is 17.5 Å². The molecule has 0 fully saturated rings. The Morgan fingerprint density at radius 2 is 1.67 bits per heavy atom. The zero-order chi connectivity index (χ0) is 19.4. The van der Waals surface area contributed by atoms with Gasteiger partial charge in [-0.3, -0.25) is 9.59 Å².